The molecular weight excluding hydrogens is 138 g/mol. The van der Waals surface area contributed by atoms with Gasteiger partial charge in [0, 0.05) is 6.42 Å². The summed E-state index contributed by atoms with van der Waals surface area (Å²) in [5.41, 5.74) is 0. The lowest BCUT2D eigenvalue weighted by Crippen LogP contribution is -2.32. The molecule has 0 spiro atoms. The van der Waals surface area contributed by atoms with Crippen LogP contribution in [0.15, 0.2) is 0 Å². The van der Waals surface area contributed by atoms with E-state index in [1.54, 1.807) is 0 Å². The number of Topliss-reactive ketones (excluding diaryl/α,β-unsaturated/α-hetero) is 1. The topological polar surface area (TPSA) is 83.5 Å². The Morgan fingerprint density at radius 2 is 2.20 bits per heavy atom. The predicted molar refractivity (Wildman–Crippen MR) is 29.2 cm³/mol. The molecule has 10 heavy (non-hydrogen) atoms. The molecule has 54 valence electrons. The molecule has 1 aliphatic rings. The number of carbonyl (C=O) groups is 3. The average molecular weight is 143 g/mol. The number of rotatable bonds is 1. The lowest BCUT2D eigenvalue weighted by molar-refractivity contribution is -0.140. The third-order valence-corrected chi connectivity index (χ3v) is 1.25. The Kier molecular flexibility index (Phi) is 1.41. The molecule has 0 saturated carbocycles. The number of carbonyl (C=O) groups excluding carboxylic acids is 2. The summed E-state index contributed by atoms with van der Waals surface area (Å²) in [6.07, 6.45) is -0.228. The van der Waals surface area contributed by atoms with Crippen LogP contribution in [0.5, 0.6) is 0 Å². The highest BCUT2D eigenvalue weighted by Crippen LogP contribution is 2.01. The van der Waals surface area contributed by atoms with Gasteiger partial charge in [-0.1, -0.05) is 0 Å². The summed E-state index contributed by atoms with van der Waals surface area (Å²) in [6, 6.07) is -1.01. The lowest BCUT2D eigenvalue weighted by atomic mass is 10.2. The Labute approximate surface area is 56.0 Å². The van der Waals surface area contributed by atoms with E-state index in [0.717, 1.165) is 0 Å². The second-order valence-electron chi connectivity index (χ2n) is 1.99. The number of carboxylic acid groups (broad SMARTS) is 1. The fourth-order valence-corrected chi connectivity index (χ4v) is 0.717. The van der Waals surface area contributed by atoms with E-state index in [1.165, 1.54) is 0 Å². The van der Waals surface area contributed by atoms with Crippen molar-refractivity contribution in [3.8, 4) is 0 Å². The summed E-state index contributed by atoms with van der Waals surface area (Å²) in [7, 11) is 0. The van der Waals surface area contributed by atoms with Gasteiger partial charge in [0.05, 0.1) is 0 Å². The van der Waals surface area contributed by atoms with Crippen molar-refractivity contribution < 1.29 is 19.5 Å². The number of ketones is 1. The zero-order valence-electron chi connectivity index (χ0n) is 4.96. The molecule has 0 aromatic heterocycles. The minimum absolute atomic E-state index is 0.228. The van der Waals surface area contributed by atoms with E-state index < -0.39 is 23.7 Å². The molecule has 0 radical (unpaired) electrons. The van der Waals surface area contributed by atoms with Crippen LogP contribution in [0.2, 0.25) is 0 Å². The lowest BCUT2D eigenvalue weighted by Gasteiger charge is -1.98. The van der Waals surface area contributed by atoms with Crippen LogP contribution in [-0.4, -0.2) is 28.8 Å². The van der Waals surface area contributed by atoms with Crippen LogP contribution in [0, 0.1) is 0 Å². The molecule has 2 N–H and O–H groups in total. The Balaban J connectivity index is 2.66. The fourth-order valence-electron chi connectivity index (χ4n) is 0.717. The summed E-state index contributed by atoms with van der Waals surface area (Å²) in [6.45, 7) is 0. The van der Waals surface area contributed by atoms with Gasteiger partial charge in [-0.25, -0.2) is 4.79 Å². The summed E-state index contributed by atoms with van der Waals surface area (Å²) in [4.78, 5) is 30.9. The van der Waals surface area contributed by atoms with Crippen molar-refractivity contribution in [3.05, 3.63) is 0 Å². The zero-order chi connectivity index (χ0) is 7.72. The number of amides is 1. The second-order valence-corrected chi connectivity index (χ2v) is 1.99. The van der Waals surface area contributed by atoms with Gasteiger partial charge in [0.2, 0.25) is 5.78 Å². The molecule has 1 amide bonds. The molecule has 5 nitrogen and oxygen atoms in total. The summed E-state index contributed by atoms with van der Waals surface area (Å²) in [5.74, 6) is -2.63. The predicted octanol–water partition coefficient (Wildman–Crippen LogP) is -1.47. The number of aliphatic carboxylic acids is 1. The van der Waals surface area contributed by atoms with Gasteiger partial charge < -0.3 is 10.4 Å². The average Bonchev–Trinajstić information content (AvgIpc) is 2.13. The molecule has 0 aromatic carbocycles. The van der Waals surface area contributed by atoms with Crippen LogP contribution in [0.4, 0.5) is 0 Å². The quantitative estimate of drug-likeness (QED) is 0.439. The molecule has 1 heterocycles. The van der Waals surface area contributed by atoms with Gasteiger partial charge in [-0.05, 0) is 0 Å². The van der Waals surface area contributed by atoms with Crippen molar-refractivity contribution in [3.63, 3.8) is 0 Å². The van der Waals surface area contributed by atoms with E-state index >= 15 is 0 Å². The molecule has 0 aromatic rings. The second kappa shape index (κ2) is 2.09. The smallest absolute Gasteiger partial charge is 0.326 e. The van der Waals surface area contributed by atoms with Crippen molar-refractivity contribution >= 4 is 17.7 Å². The first-order valence-electron chi connectivity index (χ1n) is 2.68. The summed E-state index contributed by atoms with van der Waals surface area (Å²) >= 11 is 0. The van der Waals surface area contributed by atoms with Gasteiger partial charge in [-0.2, -0.15) is 0 Å². The van der Waals surface area contributed by atoms with Crippen LogP contribution in [-0.2, 0) is 14.4 Å². The molecule has 5 heteroatoms. The van der Waals surface area contributed by atoms with Crippen LogP contribution in [0.3, 0.4) is 0 Å². The van der Waals surface area contributed by atoms with E-state index in [0.29, 0.717) is 0 Å². The van der Waals surface area contributed by atoms with E-state index in [-0.39, 0.29) is 6.42 Å². The first-order valence-corrected chi connectivity index (χ1v) is 2.68. The number of nitrogens with one attached hydrogen (secondary N) is 1. The van der Waals surface area contributed by atoms with Gasteiger partial charge in [0.1, 0.15) is 6.04 Å². The maximum absolute atomic E-state index is 10.4. The van der Waals surface area contributed by atoms with E-state index in [2.05, 4.69) is 0 Å². The van der Waals surface area contributed by atoms with Gasteiger partial charge in [-0.15, -0.1) is 0 Å². The minimum atomic E-state index is -1.17. The van der Waals surface area contributed by atoms with Crippen molar-refractivity contribution in [2.75, 3.05) is 0 Å². The van der Waals surface area contributed by atoms with Crippen LogP contribution in [0.25, 0.3) is 0 Å². The molecule has 1 saturated heterocycles. The first kappa shape index (κ1) is 6.73. The number of hydrogen-bond acceptors (Lipinski definition) is 3. The minimum Gasteiger partial charge on any atom is -0.480 e. The molecule has 1 atom stereocenters. The van der Waals surface area contributed by atoms with Crippen molar-refractivity contribution in [1.29, 1.82) is 0 Å². The molecule has 0 bridgehead atoms. The van der Waals surface area contributed by atoms with Crippen LogP contribution < -0.4 is 5.32 Å². The monoisotopic (exact) mass is 143 g/mol. The van der Waals surface area contributed by atoms with Gasteiger partial charge >= 0.3 is 5.97 Å². The van der Waals surface area contributed by atoms with Gasteiger partial charge in [-0.3, -0.25) is 9.59 Å². The van der Waals surface area contributed by atoms with Gasteiger partial charge in [0.15, 0.2) is 0 Å². The number of carboxylic acids is 1. The standard InChI is InChI=1S/C5H5NO4/c7-3-1-2(5(9)10)6-4(3)8/h2H,1H2,(H,6,8)(H,9,10). The molecule has 1 rings (SSSR count). The third kappa shape index (κ3) is 0.975. The highest BCUT2D eigenvalue weighted by atomic mass is 16.4. The first-order chi connectivity index (χ1) is 4.61. The third-order valence-electron chi connectivity index (χ3n) is 1.25. The van der Waals surface area contributed by atoms with E-state index in [4.69, 9.17) is 5.11 Å². The highest BCUT2D eigenvalue weighted by Gasteiger charge is 2.33. The summed E-state index contributed by atoms with van der Waals surface area (Å²) < 4.78 is 0. The SMILES string of the molecule is O=C1CC(C(=O)O)NC1=O. The molecule has 1 aliphatic heterocycles. The Bertz CT molecular complexity index is 194. The van der Waals surface area contributed by atoms with Crippen LogP contribution in [0.1, 0.15) is 6.42 Å². The Hall–Kier alpha value is -1.39. The molecule has 1 unspecified atom stereocenters. The fraction of sp³-hybridized carbons (Fsp3) is 0.400. The highest BCUT2D eigenvalue weighted by molar-refractivity contribution is 6.39. The molecule has 1 fully saturated rings. The van der Waals surface area contributed by atoms with Gasteiger partial charge in [0.25, 0.3) is 5.91 Å². The van der Waals surface area contributed by atoms with Crippen LogP contribution >= 0.6 is 0 Å². The molecular formula is C5H5NO4. The van der Waals surface area contributed by atoms with Crippen molar-refractivity contribution in [1.82, 2.24) is 5.32 Å². The van der Waals surface area contributed by atoms with E-state index in [1.807, 2.05) is 5.32 Å². The summed E-state index contributed by atoms with van der Waals surface area (Å²) in [5, 5.41) is 10.3. The molecule has 0 aliphatic carbocycles. The normalized spacial score (nSPS) is 24.6. The Morgan fingerprint density at radius 3 is 2.40 bits per heavy atom. The maximum Gasteiger partial charge on any atom is 0.326 e. The van der Waals surface area contributed by atoms with E-state index in [9.17, 15) is 14.4 Å². The number of hydrogen-bond donors (Lipinski definition) is 2. The maximum atomic E-state index is 10.4. The Morgan fingerprint density at radius 1 is 1.60 bits per heavy atom. The largest absolute Gasteiger partial charge is 0.480 e. The van der Waals surface area contributed by atoms with Crippen molar-refractivity contribution in [2.45, 2.75) is 12.5 Å². The van der Waals surface area contributed by atoms with Crippen molar-refractivity contribution in [2.24, 2.45) is 0 Å². The zero-order valence-corrected chi connectivity index (χ0v) is 4.96.